The third-order valence-corrected chi connectivity index (χ3v) is 3.02. The monoisotopic (exact) mass is 253 g/mol. The van der Waals surface area contributed by atoms with Gasteiger partial charge in [-0.1, -0.05) is 6.07 Å². The molecule has 1 rings (SSSR count). The molecule has 0 heterocycles. The summed E-state index contributed by atoms with van der Waals surface area (Å²) in [5.41, 5.74) is 0.908. The van der Waals surface area contributed by atoms with E-state index in [4.69, 9.17) is 4.74 Å². The van der Waals surface area contributed by atoms with E-state index in [-0.39, 0.29) is 5.82 Å². The maximum absolute atomic E-state index is 13.6. The minimum Gasteiger partial charge on any atom is -0.489 e. The van der Waals surface area contributed by atoms with Gasteiger partial charge in [0.2, 0.25) is 0 Å². The third-order valence-electron chi connectivity index (χ3n) is 3.02. The van der Waals surface area contributed by atoms with E-state index in [1.54, 1.807) is 6.07 Å². The van der Waals surface area contributed by atoms with Gasteiger partial charge in [-0.25, -0.2) is 4.39 Å². The van der Waals surface area contributed by atoms with Gasteiger partial charge in [0, 0.05) is 18.6 Å². The molecule has 0 aliphatic heterocycles. The Morgan fingerprint density at radius 2 is 1.78 bits per heavy atom. The Morgan fingerprint density at radius 1 is 1.17 bits per heavy atom. The van der Waals surface area contributed by atoms with Crippen molar-refractivity contribution in [3.05, 3.63) is 29.6 Å². The Bertz CT molecular complexity index is 369. The summed E-state index contributed by atoms with van der Waals surface area (Å²) in [4.78, 5) is 2.33. The fourth-order valence-electron chi connectivity index (χ4n) is 2.10. The van der Waals surface area contributed by atoms with Gasteiger partial charge in [0.25, 0.3) is 0 Å². The summed E-state index contributed by atoms with van der Waals surface area (Å²) in [5, 5.41) is 0. The van der Waals surface area contributed by atoms with Crippen molar-refractivity contribution in [3.8, 4) is 5.75 Å². The van der Waals surface area contributed by atoms with Crippen LogP contribution in [0.1, 0.15) is 33.3 Å². The predicted octanol–water partition coefficient (Wildman–Crippen LogP) is 3.63. The first-order chi connectivity index (χ1) is 8.41. The molecule has 3 heteroatoms. The van der Waals surface area contributed by atoms with E-state index in [0.717, 1.165) is 12.1 Å². The minimum atomic E-state index is -0.282. The van der Waals surface area contributed by atoms with E-state index in [0.29, 0.717) is 24.4 Å². The highest BCUT2D eigenvalue weighted by molar-refractivity contribution is 5.28. The maximum atomic E-state index is 13.6. The van der Waals surface area contributed by atoms with E-state index in [1.807, 2.05) is 13.0 Å². The molecule has 0 aliphatic rings. The molecule has 0 N–H and O–H groups in total. The summed E-state index contributed by atoms with van der Waals surface area (Å²) in [6.45, 7) is 11.8. The molecule has 0 amide bonds. The average Bonchev–Trinajstić information content (AvgIpc) is 2.25. The molecule has 102 valence electrons. The van der Waals surface area contributed by atoms with Gasteiger partial charge < -0.3 is 4.74 Å². The van der Waals surface area contributed by atoms with Crippen LogP contribution in [-0.2, 0) is 0 Å². The molecule has 0 aliphatic carbocycles. The standard InChI is InChI=1S/C15H24FNO/c1-11(2)17(12(3)4)8-9-18-15-7-6-13(5)10-14(15)16/h6-7,10-12H,8-9H2,1-5H3. The lowest BCUT2D eigenvalue weighted by molar-refractivity contribution is 0.140. The fourth-order valence-corrected chi connectivity index (χ4v) is 2.10. The van der Waals surface area contributed by atoms with Crippen molar-refractivity contribution < 1.29 is 9.13 Å². The van der Waals surface area contributed by atoms with Crippen LogP contribution in [-0.4, -0.2) is 30.1 Å². The number of hydrogen-bond acceptors (Lipinski definition) is 2. The lowest BCUT2D eigenvalue weighted by atomic mass is 10.2. The second kappa shape index (κ2) is 6.74. The summed E-state index contributed by atoms with van der Waals surface area (Å²) >= 11 is 0. The van der Waals surface area contributed by atoms with Gasteiger partial charge in [-0.2, -0.15) is 0 Å². The van der Waals surface area contributed by atoms with E-state index < -0.39 is 0 Å². The zero-order valence-electron chi connectivity index (χ0n) is 12.0. The highest BCUT2D eigenvalue weighted by atomic mass is 19.1. The molecule has 0 saturated heterocycles. The zero-order valence-corrected chi connectivity index (χ0v) is 12.0. The van der Waals surface area contributed by atoms with Gasteiger partial charge in [0.1, 0.15) is 6.61 Å². The number of halogens is 1. The van der Waals surface area contributed by atoms with E-state index >= 15 is 0 Å². The summed E-state index contributed by atoms with van der Waals surface area (Å²) in [7, 11) is 0. The molecule has 1 aromatic rings. The highest BCUT2D eigenvalue weighted by Crippen LogP contribution is 2.18. The van der Waals surface area contributed by atoms with Crippen molar-refractivity contribution in [3.63, 3.8) is 0 Å². The summed E-state index contributed by atoms with van der Waals surface area (Å²) in [6, 6.07) is 5.99. The van der Waals surface area contributed by atoms with Crippen LogP contribution in [0.3, 0.4) is 0 Å². The Kier molecular flexibility index (Phi) is 5.60. The van der Waals surface area contributed by atoms with Crippen molar-refractivity contribution in [1.82, 2.24) is 4.90 Å². The van der Waals surface area contributed by atoms with Crippen molar-refractivity contribution in [1.29, 1.82) is 0 Å². The van der Waals surface area contributed by atoms with Gasteiger partial charge >= 0.3 is 0 Å². The average molecular weight is 253 g/mol. The Labute approximate surface area is 110 Å². The molecule has 0 aromatic heterocycles. The van der Waals surface area contributed by atoms with Crippen LogP contribution in [0, 0.1) is 12.7 Å². The molecule has 18 heavy (non-hydrogen) atoms. The van der Waals surface area contributed by atoms with Gasteiger partial charge in [-0.3, -0.25) is 4.90 Å². The third kappa shape index (κ3) is 4.30. The number of nitrogens with zero attached hydrogens (tertiary/aromatic N) is 1. The highest BCUT2D eigenvalue weighted by Gasteiger charge is 2.13. The normalized spacial score (nSPS) is 11.6. The summed E-state index contributed by atoms with van der Waals surface area (Å²) < 4.78 is 19.1. The van der Waals surface area contributed by atoms with Gasteiger partial charge in [0.15, 0.2) is 11.6 Å². The Hall–Kier alpha value is -1.09. The van der Waals surface area contributed by atoms with Crippen molar-refractivity contribution in [2.24, 2.45) is 0 Å². The van der Waals surface area contributed by atoms with Crippen LogP contribution in [0.5, 0.6) is 5.75 Å². The van der Waals surface area contributed by atoms with Gasteiger partial charge in [-0.15, -0.1) is 0 Å². The number of ether oxygens (including phenoxy) is 1. The second-order valence-electron chi connectivity index (χ2n) is 5.21. The molecular formula is C15H24FNO. The van der Waals surface area contributed by atoms with Gasteiger partial charge in [0.05, 0.1) is 0 Å². The Balaban J connectivity index is 2.50. The van der Waals surface area contributed by atoms with Crippen LogP contribution < -0.4 is 4.74 Å². The molecule has 0 bridgehead atoms. The SMILES string of the molecule is Cc1ccc(OCCN(C(C)C)C(C)C)c(F)c1. The minimum absolute atomic E-state index is 0.282. The van der Waals surface area contributed by atoms with Crippen molar-refractivity contribution in [2.75, 3.05) is 13.2 Å². The van der Waals surface area contributed by atoms with E-state index in [2.05, 4.69) is 32.6 Å². The van der Waals surface area contributed by atoms with Crippen LogP contribution in [0.2, 0.25) is 0 Å². The first-order valence-corrected chi connectivity index (χ1v) is 6.56. The number of rotatable bonds is 6. The number of aryl methyl sites for hydroxylation is 1. The zero-order chi connectivity index (χ0) is 13.7. The predicted molar refractivity (Wildman–Crippen MR) is 73.6 cm³/mol. The van der Waals surface area contributed by atoms with Gasteiger partial charge in [-0.05, 0) is 52.3 Å². The number of benzene rings is 1. The molecule has 1 aromatic carbocycles. The molecule has 0 fully saturated rings. The second-order valence-corrected chi connectivity index (χ2v) is 5.21. The van der Waals surface area contributed by atoms with Crippen LogP contribution >= 0.6 is 0 Å². The van der Waals surface area contributed by atoms with Crippen LogP contribution in [0.4, 0.5) is 4.39 Å². The molecule has 0 saturated carbocycles. The maximum Gasteiger partial charge on any atom is 0.165 e. The molecule has 2 nitrogen and oxygen atoms in total. The fraction of sp³-hybridized carbons (Fsp3) is 0.600. The molecule has 0 atom stereocenters. The van der Waals surface area contributed by atoms with E-state index in [1.165, 1.54) is 6.07 Å². The summed E-state index contributed by atoms with van der Waals surface area (Å²) in [6.07, 6.45) is 0. The first kappa shape index (κ1) is 15.0. The molecule has 0 spiro atoms. The molecule has 0 unspecified atom stereocenters. The number of hydrogen-bond donors (Lipinski definition) is 0. The topological polar surface area (TPSA) is 12.5 Å². The smallest absolute Gasteiger partial charge is 0.165 e. The Morgan fingerprint density at radius 3 is 2.28 bits per heavy atom. The molecule has 0 radical (unpaired) electrons. The van der Waals surface area contributed by atoms with Crippen molar-refractivity contribution in [2.45, 2.75) is 46.7 Å². The largest absolute Gasteiger partial charge is 0.489 e. The molecular weight excluding hydrogens is 229 g/mol. The van der Waals surface area contributed by atoms with E-state index in [9.17, 15) is 4.39 Å². The van der Waals surface area contributed by atoms with Crippen LogP contribution in [0.15, 0.2) is 18.2 Å². The summed E-state index contributed by atoms with van der Waals surface area (Å²) in [5.74, 6) is 0.0590. The van der Waals surface area contributed by atoms with Crippen LogP contribution in [0.25, 0.3) is 0 Å². The quantitative estimate of drug-likeness (QED) is 0.767. The lowest BCUT2D eigenvalue weighted by Crippen LogP contribution is -2.39. The lowest BCUT2D eigenvalue weighted by Gasteiger charge is -2.30. The first-order valence-electron chi connectivity index (χ1n) is 6.56. The van der Waals surface area contributed by atoms with Crippen molar-refractivity contribution >= 4 is 0 Å².